The van der Waals surface area contributed by atoms with E-state index in [2.05, 4.69) is 47.0 Å². The number of nitrogens with one attached hydrogen (secondary N) is 1. The molecule has 0 aliphatic rings. The molecule has 0 atom stereocenters. The van der Waals surface area contributed by atoms with Gasteiger partial charge in [0.2, 0.25) is 10.0 Å². The Bertz CT molecular complexity index is 1320. The number of pyridine rings is 1. The van der Waals surface area contributed by atoms with Gasteiger partial charge in [-0.2, -0.15) is 0 Å². The van der Waals surface area contributed by atoms with Gasteiger partial charge < -0.3 is 0 Å². The number of rotatable bonds is 7. The zero-order valence-corrected chi connectivity index (χ0v) is 19.5. The first-order chi connectivity index (χ1) is 14.9. The minimum atomic E-state index is -3.32. The highest BCUT2D eigenvalue weighted by molar-refractivity contribution is 7.98. The Morgan fingerprint density at radius 1 is 1.03 bits per heavy atom. The lowest BCUT2D eigenvalue weighted by Crippen LogP contribution is -2.09. The van der Waals surface area contributed by atoms with Gasteiger partial charge in [-0.3, -0.25) is 4.72 Å². The van der Waals surface area contributed by atoms with E-state index in [0.29, 0.717) is 5.69 Å². The number of anilines is 1. The van der Waals surface area contributed by atoms with Crippen LogP contribution < -0.4 is 4.72 Å². The first-order valence-electron chi connectivity index (χ1n) is 9.54. The molecular formula is C23H21N3O2S3. The van der Waals surface area contributed by atoms with E-state index in [0.717, 1.165) is 38.9 Å². The Labute approximate surface area is 190 Å². The largest absolute Gasteiger partial charge is 0.284 e. The van der Waals surface area contributed by atoms with Crippen molar-refractivity contribution in [1.29, 1.82) is 0 Å². The normalized spacial score (nSPS) is 11.4. The summed E-state index contributed by atoms with van der Waals surface area (Å²) in [5.41, 5.74) is 5.74. The molecule has 158 valence electrons. The van der Waals surface area contributed by atoms with Gasteiger partial charge in [0.05, 0.1) is 17.0 Å². The van der Waals surface area contributed by atoms with Crippen molar-refractivity contribution in [2.75, 3.05) is 11.0 Å². The molecular weight excluding hydrogens is 446 g/mol. The smallest absolute Gasteiger partial charge is 0.229 e. The van der Waals surface area contributed by atoms with Gasteiger partial charge in [-0.25, -0.2) is 18.4 Å². The molecule has 0 amide bonds. The summed E-state index contributed by atoms with van der Waals surface area (Å²) in [7, 11) is -3.32. The molecule has 2 aromatic heterocycles. The highest BCUT2D eigenvalue weighted by atomic mass is 32.2. The van der Waals surface area contributed by atoms with Gasteiger partial charge in [0.15, 0.2) is 0 Å². The van der Waals surface area contributed by atoms with Gasteiger partial charge in [-0.1, -0.05) is 42.0 Å². The van der Waals surface area contributed by atoms with Crippen molar-refractivity contribution in [2.45, 2.75) is 17.7 Å². The van der Waals surface area contributed by atoms with Gasteiger partial charge >= 0.3 is 0 Å². The summed E-state index contributed by atoms with van der Waals surface area (Å²) in [5, 5.41) is 3.83. The van der Waals surface area contributed by atoms with Crippen LogP contribution in [0, 0.1) is 6.92 Å². The molecule has 0 spiro atoms. The molecule has 1 N–H and O–H groups in total. The molecule has 0 unspecified atom stereocenters. The van der Waals surface area contributed by atoms with Gasteiger partial charge in [-0.15, -0.1) is 23.1 Å². The standard InChI is InChI=1S/C23H21N3O2S3/c1-16-5-3-6-17(11-16)14-29-22-13-19(9-10-24-22)23-25-21(15-30-23)18-7-4-8-20(12-18)26-31(2,27)28/h3-13,15,26H,14H2,1-2H3. The number of hydrogen-bond acceptors (Lipinski definition) is 6. The van der Waals surface area contributed by atoms with E-state index in [-0.39, 0.29) is 0 Å². The third-order valence-electron chi connectivity index (χ3n) is 4.42. The van der Waals surface area contributed by atoms with Crippen molar-refractivity contribution >= 4 is 38.8 Å². The number of hydrogen-bond donors (Lipinski definition) is 1. The zero-order chi connectivity index (χ0) is 21.8. The molecule has 0 saturated heterocycles. The second-order valence-corrected chi connectivity index (χ2v) is 10.8. The fourth-order valence-corrected chi connectivity index (χ4v) is 5.30. The van der Waals surface area contributed by atoms with Crippen LogP contribution in [0.4, 0.5) is 5.69 Å². The van der Waals surface area contributed by atoms with Crippen LogP contribution in [0.5, 0.6) is 0 Å². The van der Waals surface area contributed by atoms with Crippen LogP contribution in [0.3, 0.4) is 0 Å². The predicted octanol–water partition coefficient (Wildman–Crippen LogP) is 5.84. The monoisotopic (exact) mass is 467 g/mol. The number of thiazole rings is 1. The summed E-state index contributed by atoms with van der Waals surface area (Å²) in [5.74, 6) is 0.862. The number of sulfonamides is 1. The van der Waals surface area contributed by atoms with E-state index < -0.39 is 10.0 Å². The number of aryl methyl sites for hydroxylation is 1. The number of aromatic nitrogens is 2. The van der Waals surface area contributed by atoms with Crippen molar-refractivity contribution in [2.24, 2.45) is 0 Å². The molecule has 0 saturated carbocycles. The molecule has 4 rings (SSSR count). The Kier molecular flexibility index (Phi) is 6.41. The predicted molar refractivity (Wildman–Crippen MR) is 130 cm³/mol. The summed E-state index contributed by atoms with van der Waals surface area (Å²) in [6.07, 6.45) is 2.95. The van der Waals surface area contributed by atoms with E-state index in [1.807, 2.05) is 29.8 Å². The maximum atomic E-state index is 11.5. The summed E-state index contributed by atoms with van der Waals surface area (Å²) < 4.78 is 25.5. The fraction of sp³-hybridized carbons (Fsp3) is 0.130. The average molecular weight is 468 g/mol. The van der Waals surface area contributed by atoms with Crippen LogP contribution >= 0.6 is 23.1 Å². The number of benzene rings is 2. The van der Waals surface area contributed by atoms with E-state index >= 15 is 0 Å². The molecule has 0 fully saturated rings. The van der Waals surface area contributed by atoms with Crippen LogP contribution in [0.15, 0.2) is 77.3 Å². The summed E-state index contributed by atoms with van der Waals surface area (Å²) >= 11 is 3.26. The molecule has 2 aromatic carbocycles. The van der Waals surface area contributed by atoms with Gasteiger partial charge in [0.25, 0.3) is 0 Å². The molecule has 0 bridgehead atoms. The van der Waals surface area contributed by atoms with Crippen LogP contribution in [-0.4, -0.2) is 24.6 Å². The Morgan fingerprint density at radius 2 is 1.87 bits per heavy atom. The quantitative estimate of drug-likeness (QED) is 0.346. The summed E-state index contributed by atoms with van der Waals surface area (Å²) in [6, 6.07) is 19.8. The van der Waals surface area contributed by atoms with Crippen molar-refractivity contribution in [3.05, 3.63) is 83.4 Å². The van der Waals surface area contributed by atoms with Crippen molar-refractivity contribution in [3.63, 3.8) is 0 Å². The zero-order valence-electron chi connectivity index (χ0n) is 17.1. The summed E-state index contributed by atoms with van der Waals surface area (Å²) in [4.78, 5) is 9.25. The average Bonchev–Trinajstić information content (AvgIpc) is 3.22. The first-order valence-corrected chi connectivity index (χ1v) is 13.3. The Balaban J connectivity index is 1.52. The molecule has 8 heteroatoms. The third kappa shape index (κ3) is 5.94. The maximum absolute atomic E-state index is 11.5. The molecule has 2 heterocycles. The maximum Gasteiger partial charge on any atom is 0.229 e. The Hall–Kier alpha value is -2.68. The topological polar surface area (TPSA) is 72.0 Å². The van der Waals surface area contributed by atoms with Crippen molar-refractivity contribution in [3.8, 4) is 21.8 Å². The van der Waals surface area contributed by atoms with Gasteiger partial charge in [0.1, 0.15) is 5.01 Å². The Morgan fingerprint density at radius 3 is 2.68 bits per heavy atom. The first kappa shape index (κ1) is 21.5. The fourth-order valence-electron chi connectivity index (χ4n) is 3.08. The lowest BCUT2D eigenvalue weighted by atomic mass is 10.1. The molecule has 0 aliphatic heterocycles. The molecule has 4 aromatic rings. The highest BCUT2D eigenvalue weighted by Gasteiger charge is 2.10. The second-order valence-electron chi connectivity index (χ2n) is 7.15. The number of thioether (sulfide) groups is 1. The minimum absolute atomic E-state index is 0.522. The van der Waals surface area contributed by atoms with E-state index in [1.54, 1.807) is 35.2 Å². The van der Waals surface area contributed by atoms with Crippen LogP contribution in [0.25, 0.3) is 21.8 Å². The lowest BCUT2D eigenvalue weighted by molar-refractivity contribution is 0.607. The van der Waals surface area contributed by atoms with Gasteiger partial charge in [0, 0.05) is 34.1 Å². The van der Waals surface area contributed by atoms with Gasteiger partial charge in [-0.05, 0) is 36.8 Å². The van der Waals surface area contributed by atoms with E-state index in [9.17, 15) is 8.42 Å². The molecule has 0 radical (unpaired) electrons. The minimum Gasteiger partial charge on any atom is -0.284 e. The van der Waals surface area contributed by atoms with Crippen molar-refractivity contribution < 1.29 is 8.42 Å². The number of nitrogens with zero attached hydrogens (tertiary/aromatic N) is 2. The second kappa shape index (κ2) is 9.21. The lowest BCUT2D eigenvalue weighted by Gasteiger charge is -2.05. The summed E-state index contributed by atoms with van der Waals surface area (Å²) in [6.45, 7) is 2.10. The molecule has 5 nitrogen and oxygen atoms in total. The van der Waals surface area contributed by atoms with E-state index in [4.69, 9.17) is 4.98 Å². The van der Waals surface area contributed by atoms with Crippen LogP contribution in [0.2, 0.25) is 0 Å². The third-order valence-corrected chi connectivity index (χ3v) is 6.91. The van der Waals surface area contributed by atoms with Crippen LogP contribution in [0.1, 0.15) is 11.1 Å². The molecule has 0 aliphatic carbocycles. The van der Waals surface area contributed by atoms with E-state index in [1.165, 1.54) is 11.1 Å². The van der Waals surface area contributed by atoms with Crippen LogP contribution in [-0.2, 0) is 15.8 Å². The van der Waals surface area contributed by atoms with Crippen molar-refractivity contribution in [1.82, 2.24) is 9.97 Å². The SMILES string of the molecule is Cc1cccc(CSc2cc(-c3nc(-c4cccc(NS(C)(=O)=O)c4)cs3)ccn2)c1. The molecule has 31 heavy (non-hydrogen) atoms. The highest BCUT2D eigenvalue weighted by Crippen LogP contribution is 2.32.